The Morgan fingerprint density at radius 2 is 2.20 bits per heavy atom. The van der Waals surface area contributed by atoms with Gasteiger partial charge in [0.1, 0.15) is 0 Å². The van der Waals surface area contributed by atoms with Crippen molar-refractivity contribution in [2.75, 3.05) is 18.8 Å². The molecule has 1 aromatic carbocycles. The van der Waals surface area contributed by atoms with Gasteiger partial charge in [0.25, 0.3) is 11.1 Å². The van der Waals surface area contributed by atoms with Gasteiger partial charge in [0.2, 0.25) is 5.91 Å². The zero-order valence-corrected chi connectivity index (χ0v) is 15.6. The summed E-state index contributed by atoms with van der Waals surface area (Å²) >= 11 is 1.02. The number of imide groups is 1. The maximum atomic E-state index is 12.5. The molecular weight excluding hydrogens is 362 g/mol. The summed E-state index contributed by atoms with van der Waals surface area (Å²) in [4.78, 5) is 37.1. The Kier molecular flexibility index (Phi) is 6.87. The third kappa shape index (κ3) is 4.74. The SMILES string of the molecule is CC1CCNCC1NC(=O)c1cccc(CN2C(=O)CSC2=O)c1.Cl. The first kappa shape index (κ1) is 19.8. The van der Waals surface area contributed by atoms with Crippen LogP contribution in [0.4, 0.5) is 4.79 Å². The van der Waals surface area contributed by atoms with Crippen molar-refractivity contribution in [3.05, 3.63) is 35.4 Å². The molecule has 0 aromatic heterocycles. The lowest BCUT2D eigenvalue weighted by Gasteiger charge is -2.30. The fourth-order valence-corrected chi connectivity index (χ4v) is 3.69. The van der Waals surface area contributed by atoms with Crippen molar-refractivity contribution in [1.82, 2.24) is 15.5 Å². The van der Waals surface area contributed by atoms with Crippen molar-refractivity contribution in [2.24, 2.45) is 5.92 Å². The summed E-state index contributed by atoms with van der Waals surface area (Å²) in [5.74, 6) is 0.342. The molecule has 0 aliphatic carbocycles. The highest BCUT2D eigenvalue weighted by molar-refractivity contribution is 8.14. The molecule has 2 unspecified atom stereocenters. The van der Waals surface area contributed by atoms with Gasteiger partial charge in [-0.05, 0) is 36.6 Å². The second-order valence-electron chi connectivity index (χ2n) is 6.28. The van der Waals surface area contributed by atoms with Crippen LogP contribution in [0.1, 0.15) is 29.3 Å². The van der Waals surface area contributed by atoms with E-state index in [1.54, 1.807) is 18.2 Å². The lowest BCUT2D eigenvalue weighted by atomic mass is 9.94. The third-order valence-electron chi connectivity index (χ3n) is 4.51. The summed E-state index contributed by atoms with van der Waals surface area (Å²) in [5.41, 5.74) is 1.33. The molecule has 136 valence electrons. The zero-order chi connectivity index (χ0) is 17.1. The number of hydrogen-bond acceptors (Lipinski definition) is 5. The Hall–Kier alpha value is -1.57. The third-order valence-corrected chi connectivity index (χ3v) is 5.37. The zero-order valence-electron chi connectivity index (χ0n) is 14.0. The molecule has 2 atom stereocenters. The molecule has 0 spiro atoms. The van der Waals surface area contributed by atoms with Crippen molar-refractivity contribution in [3.8, 4) is 0 Å². The summed E-state index contributed by atoms with van der Waals surface area (Å²) in [6, 6.07) is 7.23. The molecule has 2 saturated heterocycles. The van der Waals surface area contributed by atoms with Gasteiger partial charge in [-0.15, -0.1) is 12.4 Å². The van der Waals surface area contributed by atoms with Crippen LogP contribution >= 0.6 is 24.2 Å². The molecule has 2 heterocycles. The average molecular weight is 384 g/mol. The van der Waals surface area contributed by atoms with Gasteiger partial charge in [-0.3, -0.25) is 19.3 Å². The van der Waals surface area contributed by atoms with Crippen molar-refractivity contribution in [3.63, 3.8) is 0 Å². The predicted octanol–water partition coefficient (Wildman–Crippen LogP) is 2.03. The first-order valence-corrected chi connectivity index (χ1v) is 9.11. The van der Waals surface area contributed by atoms with E-state index >= 15 is 0 Å². The van der Waals surface area contributed by atoms with E-state index in [0.29, 0.717) is 11.5 Å². The maximum Gasteiger partial charge on any atom is 0.289 e. The van der Waals surface area contributed by atoms with E-state index in [1.165, 1.54) is 4.90 Å². The lowest BCUT2D eigenvalue weighted by molar-refractivity contribution is -0.125. The highest BCUT2D eigenvalue weighted by atomic mass is 35.5. The number of thioether (sulfide) groups is 1. The van der Waals surface area contributed by atoms with Gasteiger partial charge in [0, 0.05) is 18.2 Å². The highest BCUT2D eigenvalue weighted by Gasteiger charge is 2.30. The van der Waals surface area contributed by atoms with E-state index < -0.39 is 0 Å². The minimum Gasteiger partial charge on any atom is -0.348 e. The normalized spacial score (nSPS) is 23.3. The van der Waals surface area contributed by atoms with Crippen LogP contribution in [0.5, 0.6) is 0 Å². The van der Waals surface area contributed by atoms with Gasteiger partial charge in [-0.25, -0.2) is 0 Å². The highest BCUT2D eigenvalue weighted by Crippen LogP contribution is 2.21. The number of rotatable bonds is 4. The fourth-order valence-electron chi connectivity index (χ4n) is 2.96. The van der Waals surface area contributed by atoms with Gasteiger partial charge in [-0.1, -0.05) is 30.8 Å². The van der Waals surface area contributed by atoms with Crippen molar-refractivity contribution in [1.29, 1.82) is 0 Å². The van der Waals surface area contributed by atoms with Crippen LogP contribution in [0.2, 0.25) is 0 Å². The summed E-state index contributed by atoms with van der Waals surface area (Å²) < 4.78 is 0. The molecule has 25 heavy (non-hydrogen) atoms. The standard InChI is InChI=1S/C17H21N3O3S.ClH/c1-11-5-6-18-8-14(11)19-16(22)13-4-2-3-12(7-13)9-20-15(21)10-24-17(20)23;/h2-4,7,11,14,18H,5-6,8-10H2,1H3,(H,19,22);1H. The van der Waals surface area contributed by atoms with E-state index in [4.69, 9.17) is 0 Å². The van der Waals surface area contributed by atoms with E-state index in [2.05, 4.69) is 17.6 Å². The quantitative estimate of drug-likeness (QED) is 0.831. The predicted molar refractivity (Wildman–Crippen MR) is 100.0 cm³/mol. The van der Waals surface area contributed by atoms with E-state index in [9.17, 15) is 14.4 Å². The summed E-state index contributed by atoms with van der Waals surface area (Å²) in [6.45, 7) is 4.12. The first-order chi connectivity index (χ1) is 11.5. The number of halogens is 1. The van der Waals surface area contributed by atoms with E-state index in [1.807, 2.05) is 6.07 Å². The number of amides is 3. The van der Waals surface area contributed by atoms with Crippen LogP contribution in [-0.2, 0) is 11.3 Å². The molecule has 2 fully saturated rings. The topological polar surface area (TPSA) is 78.5 Å². The van der Waals surface area contributed by atoms with Crippen LogP contribution in [0.25, 0.3) is 0 Å². The number of carbonyl (C=O) groups is 3. The largest absolute Gasteiger partial charge is 0.348 e. The van der Waals surface area contributed by atoms with Crippen LogP contribution in [0.3, 0.4) is 0 Å². The molecule has 3 rings (SSSR count). The van der Waals surface area contributed by atoms with Crippen LogP contribution in [-0.4, -0.2) is 46.8 Å². The minimum atomic E-state index is -0.225. The Labute approximate surface area is 157 Å². The molecule has 3 amide bonds. The minimum absolute atomic E-state index is 0. The smallest absolute Gasteiger partial charge is 0.289 e. The molecule has 6 nitrogen and oxygen atoms in total. The molecular formula is C17H22ClN3O3S. The molecule has 2 aliphatic heterocycles. The Bertz CT molecular complexity index is 654. The van der Waals surface area contributed by atoms with Gasteiger partial charge >= 0.3 is 0 Å². The summed E-state index contributed by atoms with van der Waals surface area (Å²) in [5, 5.41) is 6.14. The van der Waals surface area contributed by atoms with Crippen molar-refractivity contribution in [2.45, 2.75) is 25.9 Å². The van der Waals surface area contributed by atoms with E-state index in [-0.39, 0.29) is 47.8 Å². The molecule has 0 saturated carbocycles. The molecule has 2 N–H and O–H groups in total. The Morgan fingerprint density at radius 3 is 2.88 bits per heavy atom. The Morgan fingerprint density at radius 1 is 1.40 bits per heavy atom. The molecule has 1 aromatic rings. The molecule has 8 heteroatoms. The molecule has 2 aliphatic rings. The van der Waals surface area contributed by atoms with Gasteiger partial charge in [-0.2, -0.15) is 0 Å². The van der Waals surface area contributed by atoms with Crippen LogP contribution in [0, 0.1) is 5.92 Å². The number of nitrogens with one attached hydrogen (secondary N) is 2. The fraction of sp³-hybridized carbons (Fsp3) is 0.471. The Balaban J connectivity index is 0.00000225. The molecule has 0 radical (unpaired) electrons. The van der Waals surface area contributed by atoms with Gasteiger partial charge in [0.05, 0.1) is 12.3 Å². The number of hydrogen-bond donors (Lipinski definition) is 2. The summed E-state index contributed by atoms with van der Waals surface area (Å²) in [7, 11) is 0. The number of benzene rings is 1. The van der Waals surface area contributed by atoms with Crippen molar-refractivity contribution >= 4 is 41.2 Å². The van der Waals surface area contributed by atoms with Crippen molar-refractivity contribution < 1.29 is 14.4 Å². The number of nitrogens with zero attached hydrogens (tertiary/aromatic N) is 1. The van der Waals surface area contributed by atoms with Gasteiger partial charge in [0.15, 0.2) is 0 Å². The number of piperidine rings is 1. The first-order valence-electron chi connectivity index (χ1n) is 8.12. The van der Waals surface area contributed by atoms with E-state index in [0.717, 1.165) is 36.8 Å². The summed E-state index contributed by atoms with van der Waals surface area (Å²) in [6.07, 6.45) is 1.04. The second kappa shape index (κ2) is 8.69. The molecule has 0 bridgehead atoms. The number of carbonyl (C=O) groups excluding carboxylic acids is 3. The lowest BCUT2D eigenvalue weighted by Crippen LogP contribution is -2.50. The second-order valence-corrected chi connectivity index (χ2v) is 7.21. The maximum absolute atomic E-state index is 12.5. The monoisotopic (exact) mass is 383 g/mol. The average Bonchev–Trinajstić information content (AvgIpc) is 2.89. The van der Waals surface area contributed by atoms with Gasteiger partial charge < -0.3 is 10.6 Å². The van der Waals surface area contributed by atoms with Crippen LogP contribution < -0.4 is 10.6 Å². The van der Waals surface area contributed by atoms with Crippen LogP contribution in [0.15, 0.2) is 24.3 Å².